The lowest BCUT2D eigenvalue weighted by Gasteiger charge is -2.29. The molecule has 0 heterocycles. The Bertz CT molecular complexity index is 1290. The topological polar surface area (TPSA) is 153 Å². The van der Waals surface area contributed by atoms with Crippen molar-refractivity contribution in [3.05, 3.63) is 102 Å². The second-order valence-electron chi connectivity index (χ2n) is 9.53. The highest BCUT2D eigenvalue weighted by molar-refractivity contribution is 5.98. The number of rotatable bonds is 13. The third-order valence-corrected chi connectivity index (χ3v) is 6.04. The number of carboxylic acid groups (broad SMARTS) is 3. The summed E-state index contributed by atoms with van der Waals surface area (Å²) < 4.78 is 5.87. The number of aliphatic carboxylic acids is 3. The van der Waals surface area contributed by atoms with Crippen molar-refractivity contribution in [2.75, 3.05) is 27.2 Å². The van der Waals surface area contributed by atoms with Crippen LogP contribution in [0.2, 0.25) is 0 Å². The molecule has 9 nitrogen and oxygen atoms in total. The summed E-state index contributed by atoms with van der Waals surface area (Å²) in [5.41, 5.74) is 3.39. The largest absolute Gasteiger partial charge is 0.550 e. The van der Waals surface area contributed by atoms with Gasteiger partial charge in [0.25, 0.3) is 0 Å². The fraction of sp³-hybridized carbons (Fsp3) is 0.281. The standard InChI is InChI=1S/C26H29NO.C6H8O7/c1-4-25(21-11-7-5-8-12-21)26(22-13-9-6-10-14-22)23-15-17-24(18-16-23)28-20-19-27(2)3;7-3(8)1-6(13,5(11)12)2-4(9)10/h5-18H,4,19-20H2,1-3H3;13H,1-2H2,(H,7,8)(H,9,10)(H,11,12)/p-3/b26-25+;. The molecule has 0 aromatic heterocycles. The molecule has 0 unspecified atom stereocenters. The van der Waals surface area contributed by atoms with Crippen molar-refractivity contribution in [2.24, 2.45) is 0 Å². The van der Waals surface area contributed by atoms with Crippen LogP contribution in [0.25, 0.3) is 11.1 Å². The molecule has 1 N–H and O–H groups in total. The normalized spacial score (nSPS) is 11.6. The zero-order valence-electron chi connectivity index (χ0n) is 23.4. The Kier molecular flexibility index (Phi) is 12.7. The van der Waals surface area contributed by atoms with Crippen molar-refractivity contribution in [3.8, 4) is 5.75 Å². The second kappa shape index (κ2) is 16.0. The number of carbonyl (C=O) groups excluding carboxylic acids is 3. The van der Waals surface area contributed by atoms with Gasteiger partial charge in [-0.25, -0.2) is 0 Å². The van der Waals surface area contributed by atoms with Crippen molar-refractivity contribution in [3.63, 3.8) is 0 Å². The Morgan fingerprint density at radius 1 is 0.756 bits per heavy atom. The maximum absolute atomic E-state index is 10.1. The summed E-state index contributed by atoms with van der Waals surface area (Å²) >= 11 is 0. The molecule has 9 heteroatoms. The molecular formula is C32H34NO8-3. The summed E-state index contributed by atoms with van der Waals surface area (Å²) in [4.78, 5) is 32.1. The monoisotopic (exact) mass is 560 g/mol. The Morgan fingerprint density at radius 2 is 1.22 bits per heavy atom. The molecule has 0 amide bonds. The van der Waals surface area contributed by atoms with Crippen molar-refractivity contribution in [1.29, 1.82) is 0 Å². The SMILES string of the molecule is CC/C(=C(/c1ccccc1)c1ccc(OCCN(C)C)cc1)c1ccccc1.O=C([O-])CC(O)(CC(=O)[O-])C(=O)[O-]. The van der Waals surface area contributed by atoms with E-state index in [0.717, 1.165) is 18.7 Å². The first-order valence-electron chi connectivity index (χ1n) is 13.0. The average molecular weight is 561 g/mol. The van der Waals surface area contributed by atoms with Crippen LogP contribution in [0.5, 0.6) is 5.75 Å². The first kappa shape index (κ1) is 32.7. The van der Waals surface area contributed by atoms with E-state index in [9.17, 15) is 29.7 Å². The quantitative estimate of drug-likeness (QED) is 0.298. The van der Waals surface area contributed by atoms with Crippen LogP contribution in [0.4, 0.5) is 0 Å². The van der Waals surface area contributed by atoms with Gasteiger partial charge in [0.1, 0.15) is 18.0 Å². The molecule has 3 aromatic rings. The number of carbonyl (C=O) groups is 3. The van der Waals surface area contributed by atoms with E-state index in [1.807, 2.05) is 0 Å². The Hall–Kier alpha value is -4.47. The molecule has 218 valence electrons. The molecule has 0 spiro atoms. The summed E-state index contributed by atoms with van der Waals surface area (Å²) in [6.45, 7) is 3.83. The molecule has 0 aliphatic heterocycles. The average Bonchev–Trinajstić information content (AvgIpc) is 2.92. The lowest BCUT2D eigenvalue weighted by molar-refractivity contribution is -0.339. The number of likely N-dealkylation sites (N-methyl/N-ethyl adjacent to an activating group) is 1. The zero-order valence-corrected chi connectivity index (χ0v) is 23.4. The minimum atomic E-state index is -2.97. The highest BCUT2D eigenvalue weighted by Gasteiger charge is 2.29. The number of hydrogen-bond donors (Lipinski definition) is 1. The van der Waals surface area contributed by atoms with Gasteiger partial charge in [0.05, 0.1) is 5.97 Å². The third kappa shape index (κ3) is 10.6. The van der Waals surface area contributed by atoms with E-state index >= 15 is 0 Å². The molecule has 3 rings (SSSR count). The number of allylic oxidation sites excluding steroid dienone is 1. The molecule has 0 atom stereocenters. The van der Waals surface area contributed by atoms with Gasteiger partial charge in [-0.05, 0) is 60.5 Å². The van der Waals surface area contributed by atoms with E-state index in [4.69, 9.17) is 9.84 Å². The van der Waals surface area contributed by atoms with Crippen LogP contribution in [-0.4, -0.2) is 60.8 Å². The van der Waals surface area contributed by atoms with Gasteiger partial charge in [0, 0.05) is 31.3 Å². The van der Waals surface area contributed by atoms with Crippen LogP contribution in [0.3, 0.4) is 0 Å². The van der Waals surface area contributed by atoms with E-state index in [1.54, 1.807) is 0 Å². The van der Waals surface area contributed by atoms with Gasteiger partial charge in [-0.15, -0.1) is 0 Å². The number of carboxylic acids is 3. The first-order chi connectivity index (χ1) is 19.5. The van der Waals surface area contributed by atoms with Crippen LogP contribution in [-0.2, 0) is 14.4 Å². The molecule has 0 aliphatic carbocycles. The van der Waals surface area contributed by atoms with E-state index < -0.39 is 36.4 Å². The van der Waals surface area contributed by atoms with Crippen molar-refractivity contribution in [2.45, 2.75) is 31.8 Å². The summed E-state index contributed by atoms with van der Waals surface area (Å²) in [6.07, 6.45) is -1.75. The van der Waals surface area contributed by atoms with Gasteiger partial charge < -0.3 is 44.4 Å². The van der Waals surface area contributed by atoms with Gasteiger partial charge in [0.2, 0.25) is 0 Å². The van der Waals surface area contributed by atoms with Crippen LogP contribution < -0.4 is 20.1 Å². The first-order valence-corrected chi connectivity index (χ1v) is 13.0. The molecular weight excluding hydrogens is 526 g/mol. The van der Waals surface area contributed by atoms with E-state index in [-0.39, 0.29) is 0 Å². The molecule has 0 saturated carbocycles. The van der Waals surface area contributed by atoms with Crippen LogP contribution in [0.1, 0.15) is 42.9 Å². The summed E-state index contributed by atoms with van der Waals surface area (Å²) in [5.74, 6) is -5.07. The Morgan fingerprint density at radius 3 is 1.63 bits per heavy atom. The number of ether oxygens (including phenoxy) is 1. The highest BCUT2D eigenvalue weighted by Crippen LogP contribution is 2.34. The van der Waals surface area contributed by atoms with Crippen molar-refractivity contribution >= 4 is 29.1 Å². The van der Waals surface area contributed by atoms with E-state index in [1.165, 1.54) is 27.8 Å². The fourth-order valence-corrected chi connectivity index (χ4v) is 4.03. The summed E-state index contributed by atoms with van der Waals surface area (Å²) in [6, 6.07) is 29.8. The van der Waals surface area contributed by atoms with Gasteiger partial charge in [-0.2, -0.15) is 0 Å². The molecule has 0 saturated heterocycles. The molecule has 3 aromatic carbocycles. The number of aliphatic hydroxyl groups is 1. The summed E-state index contributed by atoms with van der Waals surface area (Å²) in [5, 5.41) is 38.9. The van der Waals surface area contributed by atoms with Crippen LogP contribution in [0.15, 0.2) is 84.9 Å². The van der Waals surface area contributed by atoms with Gasteiger partial charge in [0.15, 0.2) is 0 Å². The van der Waals surface area contributed by atoms with Crippen molar-refractivity contribution < 1.29 is 39.5 Å². The lowest BCUT2D eigenvalue weighted by Crippen LogP contribution is -2.54. The predicted octanol–water partition coefficient (Wildman–Crippen LogP) is 0.744. The highest BCUT2D eigenvalue weighted by atomic mass is 16.5. The molecule has 0 fully saturated rings. The van der Waals surface area contributed by atoms with E-state index in [0.29, 0.717) is 6.61 Å². The van der Waals surface area contributed by atoms with Crippen molar-refractivity contribution in [1.82, 2.24) is 4.90 Å². The fourth-order valence-electron chi connectivity index (χ4n) is 4.03. The molecule has 41 heavy (non-hydrogen) atoms. The van der Waals surface area contributed by atoms with Gasteiger partial charge in [-0.3, -0.25) is 0 Å². The number of hydrogen-bond acceptors (Lipinski definition) is 9. The molecule has 0 radical (unpaired) electrons. The predicted molar refractivity (Wildman–Crippen MR) is 149 cm³/mol. The second-order valence-corrected chi connectivity index (χ2v) is 9.53. The molecule has 0 aliphatic rings. The number of benzene rings is 3. The number of nitrogens with zero attached hydrogens (tertiary/aromatic N) is 1. The lowest BCUT2D eigenvalue weighted by atomic mass is 9.88. The maximum Gasteiger partial charge on any atom is 0.119 e. The third-order valence-electron chi connectivity index (χ3n) is 6.04. The van der Waals surface area contributed by atoms with Gasteiger partial charge >= 0.3 is 0 Å². The van der Waals surface area contributed by atoms with E-state index in [2.05, 4.69) is 111 Å². The van der Waals surface area contributed by atoms with Crippen LogP contribution >= 0.6 is 0 Å². The zero-order chi connectivity index (χ0) is 30.4. The smallest absolute Gasteiger partial charge is 0.119 e. The Labute approximate surface area is 240 Å². The minimum absolute atomic E-state index is 0.692. The van der Waals surface area contributed by atoms with Crippen LogP contribution in [0, 0.1) is 0 Å². The summed E-state index contributed by atoms with van der Waals surface area (Å²) in [7, 11) is 4.11. The van der Waals surface area contributed by atoms with Gasteiger partial charge in [-0.1, -0.05) is 79.7 Å². The maximum atomic E-state index is 10.1. The minimum Gasteiger partial charge on any atom is -0.550 e. The Balaban J connectivity index is 0.000000383. The molecule has 0 bridgehead atoms.